The smallest absolute Gasteiger partial charge is 0.224 e. The first-order valence-electron chi connectivity index (χ1n) is 9.84. The molecule has 0 atom stereocenters. The van der Waals surface area contributed by atoms with Crippen molar-refractivity contribution in [3.63, 3.8) is 0 Å². The van der Waals surface area contributed by atoms with Crippen molar-refractivity contribution >= 4 is 17.3 Å². The molecule has 1 amide bonds. The lowest BCUT2D eigenvalue weighted by Crippen LogP contribution is -2.36. The number of ether oxygens (including phenoxy) is 1. The predicted molar refractivity (Wildman–Crippen MR) is 112 cm³/mol. The van der Waals surface area contributed by atoms with E-state index in [0.717, 1.165) is 5.56 Å². The van der Waals surface area contributed by atoms with Crippen LogP contribution in [-0.2, 0) is 21.4 Å². The number of halogens is 1. The number of carbonyl (C=O) groups is 1. The van der Waals surface area contributed by atoms with Crippen LogP contribution in [0, 0.1) is 5.82 Å². The molecule has 1 N–H and O–H groups in total. The maximum absolute atomic E-state index is 14.4. The van der Waals surface area contributed by atoms with E-state index >= 15 is 0 Å². The van der Waals surface area contributed by atoms with Crippen LogP contribution in [0.15, 0.2) is 42.5 Å². The maximum Gasteiger partial charge on any atom is 0.224 e. The molecule has 0 aliphatic carbocycles. The van der Waals surface area contributed by atoms with Crippen molar-refractivity contribution in [3.8, 4) is 0 Å². The average molecular weight is 384 g/mol. The summed E-state index contributed by atoms with van der Waals surface area (Å²) in [7, 11) is 0. The lowest BCUT2D eigenvalue weighted by atomic mass is 9.86. The van der Waals surface area contributed by atoms with Gasteiger partial charge in [0.2, 0.25) is 5.91 Å². The minimum atomic E-state index is -0.322. The Hall–Kier alpha value is -2.40. The number of anilines is 2. The first-order chi connectivity index (χ1) is 13.3. The van der Waals surface area contributed by atoms with Crippen molar-refractivity contribution in [2.75, 3.05) is 36.5 Å². The van der Waals surface area contributed by atoms with Gasteiger partial charge in [-0.1, -0.05) is 45.0 Å². The number of rotatable bonds is 5. The number of nitrogens with one attached hydrogen (secondary N) is 1. The molecule has 0 saturated carbocycles. The lowest BCUT2D eigenvalue weighted by Gasteiger charge is -2.29. The van der Waals surface area contributed by atoms with Crippen LogP contribution in [0.2, 0.25) is 0 Å². The standard InChI is InChI=1S/C23H29FN2O2/c1-23(2,3)18-7-4-17(5-8-18)6-11-22(27)25-19-9-10-21(20(24)16-19)26-12-14-28-15-13-26/h4-5,7-10,16H,6,11-15H2,1-3H3,(H,25,27). The van der Waals surface area contributed by atoms with E-state index in [1.54, 1.807) is 12.1 Å². The Labute approximate surface area is 166 Å². The molecule has 4 nitrogen and oxygen atoms in total. The highest BCUT2D eigenvalue weighted by molar-refractivity contribution is 5.91. The molecule has 1 aliphatic heterocycles. The van der Waals surface area contributed by atoms with Crippen LogP contribution in [0.25, 0.3) is 0 Å². The molecule has 0 unspecified atom stereocenters. The van der Waals surface area contributed by atoms with Gasteiger partial charge in [0.25, 0.3) is 0 Å². The first kappa shape index (κ1) is 20.3. The van der Waals surface area contributed by atoms with E-state index in [9.17, 15) is 9.18 Å². The fraction of sp³-hybridized carbons (Fsp3) is 0.435. The molecule has 0 spiro atoms. The summed E-state index contributed by atoms with van der Waals surface area (Å²) in [5.41, 5.74) is 3.56. The van der Waals surface area contributed by atoms with Gasteiger partial charge in [-0.3, -0.25) is 4.79 Å². The highest BCUT2D eigenvalue weighted by Crippen LogP contribution is 2.24. The second kappa shape index (κ2) is 8.74. The summed E-state index contributed by atoms with van der Waals surface area (Å²) in [4.78, 5) is 14.2. The summed E-state index contributed by atoms with van der Waals surface area (Å²) < 4.78 is 19.7. The fourth-order valence-electron chi connectivity index (χ4n) is 3.30. The lowest BCUT2D eigenvalue weighted by molar-refractivity contribution is -0.116. The maximum atomic E-state index is 14.4. The normalized spacial score (nSPS) is 14.8. The number of amides is 1. The fourth-order valence-corrected chi connectivity index (χ4v) is 3.30. The zero-order valence-electron chi connectivity index (χ0n) is 16.9. The van der Waals surface area contributed by atoms with Crippen LogP contribution in [0.5, 0.6) is 0 Å². The quantitative estimate of drug-likeness (QED) is 0.823. The molecule has 1 aliphatic rings. The molecule has 3 rings (SSSR count). The van der Waals surface area contributed by atoms with Gasteiger partial charge in [-0.25, -0.2) is 4.39 Å². The van der Waals surface area contributed by atoms with Gasteiger partial charge in [-0.2, -0.15) is 0 Å². The molecule has 150 valence electrons. The Morgan fingerprint density at radius 2 is 1.79 bits per heavy atom. The Morgan fingerprint density at radius 1 is 1.11 bits per heavy atom. The first-order valence-corrected chi connectivity index (χ1v) is 9.84. The summed E-state index contributed by atoms with van der Waals surface area (Å²) in [5.74, 6) is -0.434. The Bertz CT molecular complexity index is 806. The Morgan fingerprint density at radius 3 is 2.39 bits per heavy atom. The van der Waals surface area contributed by atoms with Crippen molar-refractivity contribution in [3.05, 3.63) is 59.4 Å². The number of hydrogen-bond donors (Lipinski definition) is 1. The van der Waals surface area contributed by atoms with E-state index in [0.29, 0.717) is 50.5 Å². The highest BCUT2D eigenvalue weighted by atomic mass is 19.1. The number of aryl methyl sites for hydroxylation is 1. The Kier molecular flexibility index (Phi) is 6.35. The number of nitrogens with zero attached hydrogens (tertiary/aromatic N) is 1. The zero-order chi connectivity index (χ0) is 20.1. The largest absolute Gasteiger partial charge is 0.378 e. The monoisotopic (exact) mass is 384 g/mol. The van der Waals surface area contributed by atoms with Gasteiger partial charge in [0.05, 0.1) is 18.9 Å². The second-order valence-corrected chi connectivity index (χ2v) is 8.26. The van der Waals surface area contributed by atoms with Gasteiger partial charge in [0, 0.05) is 25.2 Å². The third-order valence-electron chi connectivity index (χ3n) is 5.04. The number of carbonyl (C=O) groups excluding carboxylic acids is 1. The van der Waals surface area contributed by atoms with E-state index in [1.165, 1.54) is 11.6 Å². The third-order valence-corrected chi connectivity index (χ3v) is 5.04. The number of hydrogen-bond acceptors (Lipinski definition) is 3. The van der Waals surface area contributed by atoms with Crippen LogP contribution in [0.4, 0.5) is 15.8 Å². The molecule has 0 aromatic heterocycles. The van der Waals surface area contributed by atoms with Crippen molar-refractivity contribution in [1.82, 2.24) is 0 Å². The SMILES string of the molecule is CC(C)(C)c1ccc(CCC(=O)Nc2ccc(N3CCOCC3)c(F)c2)cc1. The van der Waals surface area contributed by atoms with E-state index in [1.807, 2.05) is 4.90 Å². The predicted octanol–water partition coefficient (Wildman–Crippen LogP) is 4.53. The van der Waals surface area contributed by atoms with E-state index in [2.05, 4.69) is 50.4 Å². The van der Waals surface area contributed by atoms with Crippen molar-refractivity contribution in [1.29, 1.82) is 0 Å². The molecule has 1 saturated heterocycles. The molecular weight excluding hydrogens is 355 g/mol. The number of morpholine rings is 1. The molecule has 0 radical (unpaired) electrons. The Balaban J connectivity index is 1.54. The van der Waals surface area contributed by atoms with Crippen molar-refractivity contribution < 1.29 is 13.9 Å². The second-order valence-electron chi connectivity index (χ2n) is 8.26. The van der Waals surface area contributed by atoms with Crippen LogP contribution in [0.1, 0.15) is 38.3 Å². The minimum absolute atomic E-state index is 0.113. The van der Waals surface area contributed by atoms with Crippen LogP contribution < -0.4 is 10.2 Å². The molecule has 1 heterocycles. The third kappa shape index (κ3) is 5.32. The summed E-state index contributed by atoms with van der Waals surface area (Å²) in [6.45, 7) is 9.10. The molecule has 5 heteroatoms. The van der Waals surface area contributed by atoms with Crippen molar-refractivity contribution in [2.24, 2.45) is 0 Å². The molecule has 0 bridgehead atoms. The van der Waals surface area contributed by atoms with Gasteiger partial charge in [0.15, 0.2) is 0 Å². The highest BCUT2D eigenvalue weighted by Gasteiger charge is 2.16. The van der Waals surface area contributed by atoms with E-state index in [-0.39, 0.29) is 17.1 Å². The average Bonchev–Trinajstić information content (AvgIpc) is 2.67. The number of benzene rings is 2. The molecule has 2 aromatic rings. The minimum Gasteiger partial charge on any atom is -0.378 e. The van der Waals surface area contributed by atoms with Gasteiger partial charge in [-0.15, -0.1) is 0 Å². The van der Waals surface area contributed by atoms with Crippen LogP contribution >= 0.6 is 0 Å². The van der Waals surface area contributed by atoms with Crippen molar-refractivity contribution in [2.45, 2.75) is 39.0 Å². The van der Waals surface area contributed by atoms with E-state index < -0.39 is 0 Å². The van der Waals surface area contributed by atoms with Gasteiger partial charge < -0.3 is 15.0 Å². The van der Waals surface area contributed by atoms with Crippen LogP contribution in [-0.4, -0.2) is 32.2 Å². The molecular formula is C23H29FN2O2. The van der Waals surface area contributed by atoms with Gasteiger partial charge in [0.1, 0.15) is 5.82 Å². The van der Waals surface area contributed by atoms with E-state index in [4.69, 9.17) is 4.74 Å². The summed E-state index contributed by atoms with van der Waals surface area (Å²) in [6.07, 6.45) is 1.02. The summed E-state index contributed by atoms with van der Waals surface area (Å²) in [5, 5.41) is 2.80. The topological polar surface area (TPSA) is 41.6 Å². The molecule has 1 fully saturated rings. The van der Waals surface area contributed by atoms with Crippen LogP contribution in [0.3, 0.4) is 0 Å². The summed E-state index contributed by atoms with van der Waals surface area (Å²) >= 11 is 0. The van der Waals surface area contributed by atoms with Gasteiger partial charge >= 0.3 is 0 Å². The summed E-state index contributed by atoms with van der Waals surface area (Å²) in [6, 6.07) is 13.3. The van der Waals surface area contributed by atoms with Gasteiger partial charge in [-0.05, 0) is 41.2 Å². The molecule has 28 heavy (non-hydrogen) atoms. The molecule has 2 aromatic carbocycles. The zero-order valence-corrected chi connectivity index (χ0v) is 16.9.